The second kappa shape index (κ2) is 9.10. The summed E-state index contributed by atoms with van der Waals surface area (Å²) in [7, 11) is 0. The predicted octanol–water partition coefficient (Wildman–Crippen LogP) is 4.23. The number of aromatic nitrogens is 5. The number of nitrogens with one attached hydrogen (secondary N) is 1. The number of anilines is 2. The van der Waals surface area contributed by atoms with Gasteiger partial charge in [0.05, 0.1) is 17.8 Å². The summed E-state index contributed by atoms with van der Waals surface area (Å²) in [6, 6.07) is 7.20. The lowest BCUT2D eigenvalue weighted by molar-refractivity contribution is 0.102. The number of carbonyl (C=O) groups excluding carboxylic acids is 1. The molecule has 0 radical (unpaired) electrons. The van der Waals surface area contributed by atoms with E-state index in [1.54, 1.807) is 18.3 Å². The number of carbonyl (C=O) groups is 1. The molecule has 2 fully saturated rings. The Kier molecular flexibility index (Phi) is 5.97. The van der Waals surface area contributed by atoms with Crippen LogP contribution in [0, 0.1) is 25.3 Å². The van der Waals surface area contributed by atoms with Gasteiger partial charge in [0.25, 0.3) is 5.91 Å². The maximum atomic E-state index is 13.0. The van der Waals surface area contributed by atoms with Crippen molar-refractivity contribution in [1.29, 1.82) is 0 Å². The van der Waals surface area contributed by atoms with E-state index < -0.39 is 5.54 Å². The Morgan fingerprint density at radius 1 is 1.23 bits per heavy atom. The molecule has 1 aliphatic carbocycles. The fraction of sp³-hybridized carbons (Fsp3) is 0.462. The summed E-state index contributed by atoms with van der Waals surface area (Å²) < 4.78 is 1.95. The molecule has 1 saturated heterocycles. The van der Waals surface area contributed by atoms with Crippen molar-refractivity contribution < 1.29 is 4.79 Å². The molecule has 1 atom stereocenters. The van der Waals surface area contributed by atoms with E-state index >= 15 is 0 Å². The van der Waals surface area contributed by atoms with Gasteiger partial charge >= 0.3 is 0 Å². The molecular formula is C26H30N8O. The molecule has 9 heteroatoms. The first-order valence-corrected chi connectivity index (χ1v) is 12.1. The van der Waals surface area contributed by atoms with Crippen molar-refractivity contribution in [2.24, 2.45) is 11.8 Å². The molecule has 1 aliphatic heterocycles. The van der Waals surface area contributed by atoms with Crippen molar-refractivity contribution in [3.8, 4) is 11.3 Å². The lowest BCUT2D eigenvalue weighted by atomic mass is 9.88. The highest BCUT2D eigenvalue weighted by Gasteiger charge is 2.40. The van der Waals surface area contributed by atoms with Gasteiger partial charge in [-0.1, -0.05) is 6.07 Å². The molecule has 0 bridgehead atoms. The molecule has 3 aromatic heterocycles. The minimum atomic E-state index is -0.404. The minimum absolute atomic E-state index is 0.272. The number of hydrogen-bond acceptors (Lipinski definition) is 6. The third kappa shape index (κ3) is 5.16. The number of hydrogen-bond donors (Lipinski definition) is 1. The molecule has 180 valence electrons. The summed E-state index contributed by atoms with van der Waals surface area (Å²) in [5, 5.41) is 7.32. The molecule has 35 heavy (non-hydrogen) atoms. The van der Waals surface area contributed by atoms with E-state index in [1.165, 1.54) is 12.8 Å². The fourth-order valence-electron chi connectivity index (χ4n) is 4.48. The largest absolute Gasteiger partial charge is 0.356 e. The van der Waals surface area contributed by atoms with Crippen LogP contribution in [0.3, 0.4) is 0 Å². The monoisotopic (exact) mass is 470 g/mol. The van der Waals surface area contributed by atoms with Crippen LogP contribution in [0.25, 0.3) is 16.1 Å². The Balaban J connectivity index is 1.30. The Morgan fingerprint density at radius 3 is 2.83 bits per heavy atom. The average molecular weight is 471 g/mol. The first-order valence-electron chi connectivity index (χ1n) is 12.1. The van der Waals surface area contributed by atoms with E-state index in [2.05, 4.69) is 35.1 Å². The Hall–Kier alpha value is -3.80. The molecule has 4 heterocycles. The maximum absolute atomic E-state index is 13.0. The third-order valence-corrected chi connectivity index (χ3v) is 6.92. The maximum Gasteiger partial charge on any atom is 0.275 e. The van der Waals surface area contributed by atoms with Crippen molar-refractivity contribution in [3.63, 3.8) is 0 Å². The predicted molar refractivity (Wildman–Crippen MR) is 134 cm³/mol. The van der Waals surface area contributed by atoms with E-state index in [0.717, 1.165) is 43.4 Å². The summed E-state index contributed by atoms with van der Waals surface area (Å²) in [6.45, 7) is 15.8. The number of nitrogens with zero attached hydrogens (tertiary/aromatic N) is 7. The van der Waals surface area contributed by atoms with Crippen molar-refractivity contribution >= 4 is 17.5 Å². The van der Waals surface area contributed by atoms with Gasteiger partial charge in [-0.15, -0.1) is 0 Å². The first kappa shape index (κ1) is 23.0. The molecule has 5 rings (SSSR count). The van der Waals surface area contributed by atoms with Crippen LogP contribution in [-0.2, 0) is 6.54 Å². The van der Waals surface area contributed by atoms with Crippen LogP contribution in [0.15, 0.2) is 36.7 Å². The highest BCUT2D eigenvalue weighted by molar-refractivity contribution is 6.02. The van der Waals surface area contributed by atoms with Gasteiger partial charge in [-0.05, 0) is 44.2 Å². The Morgan fingerprint density at radius 2 is 2.06 bits per heavy atom. The summed E-state index contributed by atoms with van der Waals surface area (Å²) in [6.07, 6.45) is 7.26. The molecular weight excluding hydrogens is 440 g/mol. The summed E-state index contributed by atoms with van der Waals surface area (Å²) in [5.74, 6) is 2.47. The highest BCUT2D eigenvalue weighted by Crippen LogP contribution is 2.33. The van der Waals surface area contributed by atoms with Crippen molar-refractivity contribution in [3.05, 3.63) is 59.6 Å². The number of amides is 1. The molecule has 0 aromatic carbocycles. The van der Waals surface area contributed by atoms with Gasteiger partial charge < -0.3 is 15.1 Å². The topological polar surface area (TPSA) is 93.2 Å². The molecule has 1 N–H and O–H groups in total. The van der Waals surface area contributed by atoms with Crippen LogP contribution in [0.4, 0.5) is 11.6 Å². The second-order valence-electron chi connectivity index (χ2n) is 10.1. The minimum Gasteiger partial charge on any atom is -0.356 e. The van der Waals surface area contributed by atoms with Crippen molar-refractivity contribution in [2.75, 3.05) is 23.3 Å². The van der Waals surface area contributed by atoms with Gasteiger partial charge in [-0.3, -0.25) is 9.48 Å². The third-order valence-electron chi connectivity index (χ3n) is 6.92. The van der Waals surface area contributed by atoms with Crippen molar-refractivity contribution in [2.45, 2.75) is 52.1 Å². The lowest BCUT2D eigenvalue weighted by Gasteiger charge is -2.21. The van der Waals surface area contributed by atoms with Crippen molar-refractivity contribution in [1.82, 2.24) is 24.7 Å². The van der Waals surface area contributed by atoms with Gasteiger partial charge in [0.15, 0.2) is 0 Å². The van der Waals surface area contributed by atoms with Gasteiger partial charge in [-0.25, -0.2) is 21.5 Å². The summed E-state index contributed by atoms with van der Waals surface area (Å²) in [4.78, 5) is 32.6. The molecule has 0 spiro atoms. The SMILES string of the molecule is [C-]#[N+]C(C)(C)C1CCN(c2cc(NC(=O)c3cccc(-c4cnn(CC5CC5)c4)n3)nc(C)n2)C1. The zero-order valence-electron chi connectivity index (χ0n) is 20.4. The lowest BCUT2D eigenvalue weighted by Crippen LogP contribution is -2.31. The highest BCUT2D eigenvalue weighted by atomic mass is 16.1. The standard InChI is InChI=1S/C26H30N8O/c1-17-29-23(12-24(30-17)33-11-10-20(16-33)26(2,3)27-4)32-25(35)22-7-5-6-21(31-22)19-13-28-34(15-19)14-18-8-9-18/h5-7,12-13,15,18,20H,8-11,14,16H2,1-3H3,(H,29,30,32,35). The normalized spacial score (nSPS) is 17.9. The zero-order chi connectivity index (χ0) is 24.6. The number of aryl methyl sites for hydroxylation is 1. The van der Waals surface area contributed by atoms with E-state index in [0.29, 0.717) is 23.0 Å². The molecule has 1 amide bonds. The van der Waals surface area contributed by atoms with E-state index in [9.17, 15) is 4.79 Å². The number of rotatable bonds is 7. The van der Waals surface area contributed by atoms with Gasteiger partial charge in [0.1, 0.15) is 23.2 Å². The smallest absolute Gasteiger partial charge is 0.275 e. The second-order valence-corrected chi connectivity index (χ2v) is 10.1. The zero-order valence-corrected chi connectivity index (χ0v) is 20.4. The molecule has 9 nitrogen and oxygen atoms in total. The summed E-state index contributed by atoms with van der Waals surface area (Å²) in [5.41, 5.74) is 1.52. The van der Waals surface area contributed by atoms with Gasteiger partial charge in [0, 0.05) is 51.3 Å². The van der Waals surface area contributed by atoms with Crippen LogP contribution in [0.5, 0.6) is 0 Å². The van der Waals surface area contributed by atoms with Crippen LogP contribution >= 0.6 is 0 Å². The first-order chi connectivity index (χ1) is 16.8. The van der Waals surface area contributed by atoms with E-state index in [1.807, 2.05) is 43.8 Å². The Labute approximate surface area is 205 Å². The van der Waals surface area contributed by atoms with E-state index in [-0.39, 0.29) is 11.8 Å². The van der Waals surface area contributed by atoms with E-state index in [4.69, 9.17) is 6.57 Å². The Bertz CT molecular complexity index is 1290. The molecule has 3 aromatic rings. The molecule has 1 saturated carbocycles. The van der Waals surface area contributed by atoms with Crippen LogP contribution < -0.4 is 10.2 Å². The average Bonchev–Trinajstić information content (AvgIpc) is 3.31. The molecule has 1 unspecified atom stereocenters. The van der Waals surface area contributed by atoms with Gasteiger partial charge in [-0.2, -0.15) is 5.10 Å². The van der Waals surface area contributed by atoms with Crippen LogP contribution in [0.1, 0.15) is 49.4 Å². The quantitative estimate of drug-likeness (QED) is 0.520. The number of pyridine rings is 1. The van der Waals surface area contributed by atoms with Crippen LogP contribution in [0.2, 0.25) is 0 Å². The van der Waals surface area contributed by atoms with Crippen LogP contribution in [-0.4, -0.2) is 49.3 Å². The summed E-state index contributed by atoms with van der Waals surface area (Å²) >= 11 is 0. The van der Waals surface area contributed by atoms with Gasteiger partial charge in [0.2, 0.25) is 5.54 Å². The fourth-order valence-corrected chi connectivity index (χ4v) is 4.48. The molecule has 2 aliphatic rings.